The molecule has 0 atom stereocenters. The Morgan fingerprint density at radius 2 is 2.27 bits per heavy atom. The lowest BCUT2D eigenvalue weighted by Gasteiger charge is -1.89. The first kappa shape index (κ1) is 7.55. The van der Waals surface area contributed by atoms with Gasteiger partial charge in [-0.05, 0) is 12.5 Å². The van der Waals surface area contributed by atoms with Crippen LogP contribution in [0.4, 0.5) is 0 Å². The maximum atomic E-state index is 10.8. The summed E-state index contributed by atoms with van der Waals surface area (Å²) in [5, 5.41) is 8.54. The number of carbonyl (C=O) groups is 1. The van der Waals surface area contributed by atoms with Gasteiger partial charge in [0.1, 0.15) is 6.07 Å². The molecule has 1 aromatic rings. The molecule has 0 spiro atoms. The molecular formula is C8H8N2O. The number of aromatic nitrogens is 1. The lowest BCUT2D eigenvalue weighted by molar-refractivity contribution is 0.0936. The van der Waals surface area contributed by atoms with E-state index in [1.54, 1.807) is 13.1 Å². The molecule has 1 rings (SSSR count). The minimum Gasteiger partial charge on any atom is -0.293 e. The van der Waals surface area contributed by atoms with Crippen LogP contribution in [0.25, 0.3) is 0 Å². The largest absolute Gasteiger partial charge is 0.293 e. The fourth-order valence-corrected chi connectivity index (χ4v) is 0.855. The summed E-state index contributed by atoms with van der Waals surface area (Å²) in [6, 6.07) is 2.00. The van der Waals surface area contributed by atoms with Gasteiger partial charge in [0, 0.05) is 19.3 Å². The molecule has 0 N–H and O–H groups in total. The molecule has 0 unspecified atom stereocenters. The Hall–Kier alpha value is -1.56. The van der Waals surface area contributed by atoms with E-state index in [1.165, 1.54) is 17.7 Å². The van der Waals surface area contributed by atoms with Crippen molar-refractivity contribution < 1.29 is 4.79 Å². The third kappa shape index (κ3) is 1.30. The molecule has 0 bridgehead atoms. The van der Waals surface area contributed by atoms with Gasteiger partial charge in [-0.25, -0.2) is 0 Å². The van der Waals surface area contributed by atoms with E-state index < -0.39 is 0 Å². The number of hydrogen-bond acceptors (Lipinski definition) is 2. The van der Waals surface area contributed by atoms with E-state index in [0.717, 1.165) is 5.56 Å². The van der Waals surface area contributed by atoms with Gasteiger partial charge in [0.05, 0.1) is 5.56 Å². The average Bonchev–Trinajstić information content (AvgIpc) is 2.31. The summed E-state index contributed by atoms with van der Waals surface area (Å²) in [6.45, 7) is 3.26. The van der Waals surface area contributed by atoms with Crippen LogP contribution in [-0.4, -0.2) is 10.5 Å². The van der Waals surface area contributed by atoms with Crippen molar-refractivity contribution >= 4 is 5.91 Å². The van der Waals surface area contributed by atoms with Gasteiger partial charge in [-0.15, -0.1) is 0 Å². The average molecular weight is 148 g/mol. The zero-order valence-electron chi connectivity index (χ0n) is 6.46. The zero-order chi connectivity index (χ0) is 8.43. The van der Waals surface area contributed by atoms with Gasteiger partial charge in [-0.3, -0.25) is 9.36 Å². The highest BCUT2D eigenvalue weighted by Crippen LogP contribution is 2.06. The van der Waals surface area contributed by atoms with Gasteiger partial charge >= 0.3 is 0 Å². The Morgan fingerprint density at radius 3 is 2.55 bits per heavy atom. The summed E-state index contributed by atoms with van der Waals surface area (Å²) >= 11 is 0. The second-order valence-corrected chi connectivity index (χ2v) is 2.39. The van der Waals surface area contributed by atoms with Crippen molar-refractivity contribution in [2.75, 3.05) is 0 Å². The molecule has 0 amide bonds. The molecule has 0 aliphatic heterocycles. The van der Waals surface area contributed by atoms with Crippen LogP contribution in [0.2, 0.25) is 0 Å². The Morgan fingerprint density at radius 1 is 1.64 bits per heavy atom. The highest BCUT2D eigenvalue weighted by molar-refractivity contribution is 5.76. The minimum atomic E-state index is -0.0744. The number of rotatable bonds is 0. The molecule has 1 heterocycles. The van der Waals surface area contributed by atoms with Crippen molar-refractivity contribution in [1.82, 2.24) is 4.57 Å². The van der Waals surface area contributed by atoms with Gasteiger partial charge in [-0.2, -0.15) is 5.26 Å². The molecule has 0 saturated heterocycles. The lowest BCUT2D eigenvalue weighted by Crippen LogP contribution is -2.00. The van der Waals surface area contributed by atoms with E-state index in [0.29, 0.717) is 5.56 Å². The van der Waals surface area contributed by atoms with E-state index in [1.807, 2.05) is 6.07 Å². The van der Waals surface area contributed by atoms with Crippen LogP contribution in [-0.2, 0) is 0 Å². The minimum absolute atomic E-state index is 0.0744. The van der Waals surface area contributed by atoms with Crippen LogP contribution in [0.1, 0.15) is 22.8 Å². The third-order valence-electron chi connectivity index (χ3n) is 1.51. The number of carbonyl (C=O) groups excluding carboxylic acids is 1. The van der Waals surface area contributed by atoms with E-state index in [2.05, 4.69) is 0 Å². The van der Waals surface area contributed by atoms with E-state index in [4.69, 9.17) is 5.26 Å². The maximum absolute atomic E-state index is 10.8. The Labute approximate surface area is 64.9 Å². The van der Waals surface area contributed by atoms with Gasteiger partial charge in [0.25, 0.3) is 0 Å². The molecule has 0 aromatic carbocycles. The van der Waals surface area contributed by atoms with Gasteiger partial charge in [-0.1, -0.05) is 0 Å². The summed E-state index contributed by atoms with van der Waals surface area (Å²) in [7, 11) is 0. The standard InChI is InChI=1S/C8H8N2O/c1-6-4-10(7(2)11)5-8(6)3-9/h4-5H,1-2H3. The summed E-state index contributed by atoms with van der Waals surface area (Å²) < 4.78 is 1.41. The first-order valence-electron chi connectivity index (χ1n) is 3.25. The van der Waals surface area contributed by atoms with Crippen molar-refractivity contribution in [2.45, 2.75) is 13.8 Å². The first-order valence-corrected chi connectivity index (χ1v) is 3.25. The fraction of sp³-hybridized carbons (Fsp3) is 0.250. The Kier molecular flexibility index (Phi) is 1.77. The molecule has 1 aromatic heterocycles. The smallest absolute Gasteiger partial charge is 0.227 e. The van der Waals surface area contributed by atoms with E-state index in [9.17, 15) is 4.79 Å². The monoisotopic (exact) mass is 148 g/mol. The second-order valence-electron chi connectivity index (χ2n) is 2.39. The van der Waals surface area contributed by atoms with Crippen LogP contribution in [0.3, 0.4) is 0 Å². The third-order valence-corrected chi connectivity index (χ3v) is 1.51. The summed E-state index contributed by atoms with van der Waals surface area (Å²) in [5.41, 5.74) is 1.39. The van der Waals surface area contributed by atoms with Crippen LogP contribution in [0.15, 0.2) is 12.4 Å². The molecule has 0 aliphatic rings. The van der Waals surface area contributed by atoms with Gasteiger partial charge in [0.2, 0.25) is 5.91 Å². The predicted octanol–water partition coefficient (Wildman–Crippen LogP) is 1.33. The molecular weight excluding hydrogens is 140 g/mol. The quantitative estimate of drug-likeness (QED) is 0.557. The SMILES string of the molecule is CC(=O)n1cc(C)c(C#N)c1. The van der Waals surface area contributed by atoms with Crippen LogP contribution < -0.4 is 0 Å². The first-order chi connectivity index (χ1) is 5.15. The number of nitrogens with zero attached hydrogens (tertiary/aromatic N) is 2. The fourth-order valence-electron chi connectivity index (χ4n) is 0.855. The molecule has 3 heteroatoms. The predicted molar refractivity (Wildman–Crippen MR) is 40.2 cm³/mol. The number of aryl methyl sites for hydroxylation is 1. The van der Waals surface area contributed by atoms with Crippen molar-refractivity contribution in [2.24, 2.45) is 0 Å². The normalized spacial score (nSPS) is 9.18. The maximum Gasteiger partial charge on any atom is 0.227 e. The molecule has 0 fully saturated rings. The lowest BCUT2D eigenvalue weighted by atomic mass is 10.2. The van der Waals surface area contributed by atoms with Crippen molar-refractivity contribution in [3.63, 3.8) is 0 Å². The van der Waals surface area contributed by atoms with Crippen molar-refractivity contribution in [1.29, 1.82) is 5.26 Å². The second kappa shape index (κ2) is 2.59. The van der Waals surface area contributed by atoms with Crippen LogP contribution >= 0.6 is 0 Å². The summed E-state index contributed by atoms with van der Waals surface area (Å²) in [4.78, 5) is 10.8. The van der Waals surface area contributed by atoms with Gasteiger partial charge in [0.15, 0.2) is 0 Å². The number of nitriles is 1. The topological polar surface area (TPSA) is 45.8 Å². The van der Waals surface area contributed by atoms with Crippen LogP contribution in [0.5, 0.6) is 0 Å². The Balaban J connectivity index is 3.18. The number of hydrogen-bond donors (Lipinski definition) is 0. The van der Waals surface area contributed by atoms with Gasteiger partial charge < -0.3 is 0 Å². The highest BCUT2D eigenvalue weighted by Gasteiger charge is 2.03. The molecule has 56 valence electrons. The molecule has 0 radical (unpaired) electrons. The summed E-state index contributed by atoms with van der Waals surface area (Å²) in [5.74, 6) is -0.0744. The van der Waals surface area contributed by atoms with Crippen LogP contribution in [0, 0.1) is 18.3 Å². The highest BCUT2D eigenvalue weighted by atomic mass is 16.1. The molecule has 0 saturated carbocycles. The van der Waals surface area contributed by atoms with Crippen molar-refractivity contribution in [3.8, 4) is 6.07 Å². The molecule has 3 nitrogen and oxygen atoms in total. The molecule has 11 heavy (non-hydrogen) atoms. The van der Waals surface area contributed by atoms with Crippen molar-refractivity contribution in [3.05, 3.63) is 23.5 Å². The summed E-state index contributed by atoms with van der Waals surface area (Å²) in [6.07, 6.45) is 3.19. The zero-order valence-corrected chi connectivity index (χ0v) is 6.46. The molecule has 0 aliphatic carbocycles. The Bertz CT molecular complexity index is 330. The van der Waals surface area contributed by atoms with E-state index in [-0.39, 0.29) is 5.91 Å². The van der Waals surface area contributed by atoms with E-state index >= 15 is 0 Å².